The first-order valence-corrected chi connectivity index (χ1v) is 6.63. The molecular formula is C17H13N3O3. The molecule has 0 radical (unpaired) electrons. The highest BCUT2D eigenvalue weighted by molar-refractivity contribution is 6.02. The molecule has 0 aliphatic rings. The van der Waals surface area contributed by atoms with Gasteiger partial charge in [-0.1, -0.05) is 30.3 Å². The summed E-state index contributed by atoms with van der Waals surface area (Å²) in [5, 5.41) is 32.0. The first-order valence-electron chi connectivity index (χ1n) is 6.63. The van der Waals surface area contributed by atoms with Crippen LogP contribution in [0.1, 0.15) is 11.1 Å². The van der Waals surface area contributed by atoms with Gasteiger partial charge in [0.25, 0.3) is 5.91 Å². The van der Waals surface area contributed by atoms with Crippen LogP contribution >= 0.6 is 0 Å². The minimum absolute atomic E-state index is 0.0238. The van der Waals surface area contributed by atoms with E-state index in [1.165, 1.54) is 24.4 Å². The first kappa shape index (κ1) is 15.8. The summed E-state index contributed by atoms with van der Waals surface area (Å²) in [6, 6.07) is 14.6. The number of para-hydroxylation sites is 2. The average Bonchev–Trinajstić information content (AvgIpc) is 2.55. The summed E-state index contributed by atoms with van der Waals surface area (Å²) >= 11 is 0. The van der Waals surface area contributed by atoms with E-state index in [-0.39, 0.29) is 17.1 Å². The lowest BCUT2D eigenvalue weighted by Gasteiger charge is -2.01. The maximum absolute atomic E-state index is 11.9. The average molecular weight is 307 g/mol. The molecule has 0 saturated carbocycles. The summed E-state index contributed by atoms with van der Waals surface area (Å²) in [5.41, 5.74) is 2.77. The molecule has 0 aliphatic carbocycles. The van der Waals surface area contributed by atoms with Crippen LogP contribution in [0.2, 0.25) is 0 Å². The Hall–Kier alpha value is -3.59. The Labute approximate surface area is 132 Å². The lowest BCUT2D eigenvalue weighted by Crippen LogP contribution is -2.19. The Morgan fingerprint density at radius 2 is 1.61 bits per heavy atom. The van der Waals surface area contributed by atoms with E-state index in [1.54, 1.807) is 42.5 Å². The minimum atomic E-state index is -0.720. The first-order chi connectivity index (χ1) is 11.1. The molecule has 3 N–H and O–H groups in total. The van der Waals surface area contributed by atoms with Gasteiger partial charge in [0.1, 0.15) is 23.1 Å². The smallest absolute Gasteiger partial charge is 0.282 e. The van der Waals surface area contributed by atoms with Crippen LogP contribution in [0.25, 0.3) is 6.08 Å². The molecule has 0 bridgehead atoms. The number of hydrazone groups is 1. The quantitative estimate of drug-likeness (QED) is 0.348. The maximum Gasteiger partial charge on any atom is 0.282 e. The van der Waals surface area contributed by atoms with Crippen LogP contribution < -0.4 is 5.43 Å². The second-order valence-corrected chi connectivity index (χ2v) is 4.49. The summed E-state index contributed by atoms with van der Waals surface area (Å²) in [6.45, 7) is 0. The molecule has 2 aromatic rings. The number of phenolic OH excluding ortho intramolecular Hbond substituents is 2. The number of hydrogen-bond donors (Lipinski definition) is 3. The van der Waals surface area contributed by atoms with Crippen molar-refractivity contribution in [3.8, 4) is 17.6 Å². The van der Waals surface area contributed by atoms with Crippen molar-refractivity contribution in [2.75, 3.05) is 0 Å². The zero-order chi connectivity index (χ0) is 16.7. The van der Waals surface area contributed by atoms with Crippen molar-refractivity contribution in [2.24, 2.45) is 5.10 Å². The van der Waals surface area contributed by atoms with Crippen molar-refractivity contribution in [1.29, 1.82) is 5.26 Å². The fourth-order valence-corrected chi connectivity index (χ4v) is 1.73. The molecule has 6 heteroatoms. The summed E-state index contributed by atoms with van der Waals surface area (Å²) in [4.78, 5) is 11.9. The molecule has 2 rings (SSSR count). The Morgan fingerprint density at radius 1 is 1.04 bits per heavy atom. The summed E-state index contributed by atoms with van der Waals surface area (Å²) < 4.78 is 0. The molecule has 114 valence electrons. The van der Waals surface area contributed by atoms with E-state index in [1.807, 2.05) is 0 Å². The molecular weight excluding hydrogens is 294 g/mol. The van der Waals surface area contributed by atoms with Crippen molar-refractivity contribution >= 4 is 18.2 Å². The second kappa shape index (κ2) is 7.43. The lowest BCUT2D eigenvalue weighted by atomic mass is 10.1. The number of hydrogen-bond acceptors (Lipinski definition) is 5. The van der Waals surface area contributed by atoms with Gasteiger partial charge >= 0.3 is 0 Å². The largest absolute Gasteiger partial charge is 0.507 e. The van der Waals surface area contributed by atoms with Crippen LogP contribution in [0.5, 0.6) is 11.5 Å². The topological polar surface area (TPSA) is 106 Å². The minimum Gasteiger partial charge on any atom is -0.507 e. The van der Waals surface area contributed by atoms with E-state index < -0.39 is 5.91 Å². The zero-order valence-corrected chi connectivity index (χ0v) is 12.0. The highest BCUT2D eigenvalue weighted by atomic mass is 16.3. The van der Waals surface area contributed by atoms with E-state index in [4.69, 9.17) is 5.26 Å². The molecule has 0 heterocycles. The number of amides is 1. The molecule has 0 saturated heterocycles. The van der Waals surface area contributed by atoms with Gasteiger partial charge in [0, 0.05) is 11.1 Å². The number of phenols is 2. The highest BCUT2D eigenvalue weighted by Crippen LogP contribution is 2.18. The van der Waals surface area contributed by atoms with Crippen LogP contribution in [0, 0.1) is 11.3 Å². The van der Waals surface area contributed by atoms with Crippen molar-refractivity contribution in [3.63, 3.8) is 0 Å². The maximum atomic E-state index is 11.9. The van der Waals surface area contributed by atoms with Crippen LogP contribution in [-0.2, 0) is 4.79 Å². The molecule has 6 nitrogen and oxygen atoms in total. The summed E-state index contributed by atoms with van der Waals surface area (Å²) in [5.74, 6) is -0.732. The molecule has 0 fully saturated rings. The van der Waals surface area contributed by atoms with E-state index in [0.29, 0.717) is 11.1 Å². The Kier molecular flexibility index (Phi) is 5.10. The SMILES string of the molecule is N#CC(=Cc1ccccc1O)C(=O)N/N=C/c1ccccc1O. The van der Waals surface area contributed by atoms with Gasteiger partial charge in [-0.25, -0.2) is 5.43 Å². The molecule has 0 aliphatic heterocycles. The van der Waals surface area contributed by atoms with E-state index in [9.17, 15) is 15.0 Å². The number of aromatic hydroxyl groups is 2. The normalized spacial score (nSPS) is 11.2. The van der Waals surface area contributed by atoms with Gasteiger partial charge in [0.2, 0.25) is 0 Å². The van der Waals surface area contributed by atoms with E-state index >= 15 is 0 Å². The second-order valence-electron chi connectivity index (χ2n) is 4.49. The third-order valence-corrected chi connectivity index (χ3v) is 2.91. The zero-order valence-electron chi connectivity index (χ0n) is 12.0. The van der Waals surface area contributed by atoms with Crippen molar-refractivity contribution in [2.45, 2.75) is 0 Å². The molecule has 0 spiro atoms. The Bertz CT molecular complexity index is 820. The van der Waals surface area contributed by atoms with Gasteiger partial charge in [0.15, 0.2) is 0 Å². The number of carbonyl (C=O) groups excluding carboxylic acids is 1. The van der Waals surface area contributed by atoms with Crippen molar-refractivity contribution < 1.29 is 15.0 Å². The molecule has 0 atom stereocenters. The predicted molar refractivity (Wildman–Crippen MR) is 85.5 cm³/mol. The fraction of sp³-hybridized carbons (Fsp3) is 0. The number of carbonyl (C=O) groups is 1. The number of nitriles is 1. The summed E-state index contributed by atoms with van der Waals surface area (Å²) in [6.07, 6.45) is 2.53. The molecule has 1 amide bonds. The highest BCUT2D eigenvalue weighted by Gasteiger charge is 2.09. The van der Waals surface area contributed by atoms with Gasteiger partial charge < -0.3 is 10.2 Å². The molecule has 0 unspecified atom stereocenters. The van der Waals surface area contributed by atoms with Crippen LogP contribution in [0.4, 0.5) is 0 Å². The van der Waals surface area contributed by atoms with Gasteiger partial charge in [-0.15, -0.1) is 0 Å². The van der Waals surface area contributed by atoms with E-state index in [0.717, 1.165) is 0 Å². The number of nitrogens with zero attached hydrogens (tertiary/aromatic N) is 2. The van der Waals surface area contributed by atoms with Crippen LogP contribution in [0.3, 0.4) is 0 Å². The monoisotopic (exact) mass is 307 g/mol. The summed E-state index contributed by atoms with van der Waals surface area (Å²) in [7, 11) is 0. The van der Waals surface area contributed by atoms with Gasteiger partial charge in [0.05, 0.1) is 6.21 Å². The van der Waals surface area contributed by atoms with Gasteiger partial charge in [-0.05, 0) is 24.3 Å². The lowest BCUT2D eigenvalue weighted by molar-refractivity contribution is -0.117. The number of nitrogens with one attached hydrogen (secondary N) is 1. The third-order valence-electron chi connectivity index (χ3n) is 2.91. The standard InChI is InChI=1S/C17H13N3O3/c18-10-14(9-12-5-1-3-7-15(12)21)17(23)20-19-11-13-6-2-4-8-16(13)22/h1-9,11,21-22H,(H,20,23)/b14-9?,19-11+. The van der Waals surface area contributed by atoms with Gasteiger partial charge in [-0.2, -0.15) is 10.4 Å². The van der Waals surface area contributed by atoms with E-state index in [2.05, 4.69) is 10.5 Å². The van der Waals surface area contributed by atoms with Crippen molar-refractivity contribution in [1.82, 2.24) is 5.43 Å². The Balaban J connectivity index is 2.11. The Morgan fingerprint density at radius 3 is 2.17 bits per heavy atom. The number of rotatable bonds is 4. The molecule has 23 heavy (non-hydrogen) atoms. The molecule has 0 aromatic heterocycles. The fourth-order valence-electron chi connectivity index (χ4n) is 1.73. The predicted octanol–water partition coefficient (Wildman–Crippen LogP) is 2.16. The van der Waals surface area contributed by atoms with Crippen molar-refractivity contribution in [3.05, 3.63) is 65.2 Å². The number of benzene rings is 2. The van der Waals surface area contributed by atoms with Gasteiger partial charge in [-0.3, -0.25) is 4.79 Å². The molecule has 2 aromatic carbocycles. The van der Waals surface area contributed by atoms with Crippen LogP contribution in [0.15, 0.2) is 59.2 Å². The third kappa shape index (κ3) is 4.19. The van der Waals surface area contributed by atoms with Crippen LogP contribution in [-0.4, -0.2) is 22.3 Å².